The number of aromatic nitrogens is 2. The average Bonchev–Trinajstić information content (AvgIpc) is 2.23. The molecule has 0 fully saturated rings. The average molecular weight is 222 g/mol. The third kappa shape index (κ3) is 3.02. The van der Waals surface area contributed by atoms with E-state index in [9.17, 15) is 4.79 Å². The van der Waals surface area contributed by atoms with Gasteiger partial charge in [-0.25, -0.2) is 9.97 Å². The van der Waals surface area contributed by atoms with Crippen LogP contribution in [0.25, 0.3) is 0 Å². The lowest BCUT2D eigenvalue weighted by atomic mass is 10.1. The van der Waals surface area contributed by atoms with Crippen molar-refractivity contribution in [1.29, 1.82) is 0 Å². The maximum Gasteiger partial charge on any atom is 0.310 e. The highest BCUT2D eigenvalue weighted by Gasteiger charge is 2.12. The highest BCUT2D eigenvalue weighted by atomic mass is 16.5. The number of carbonyl (C=O) groups is 1. The second-order valence-corrected chi connectivity index (χ2v) is 3.79. The molecule has 0 saturated heterocycles. The largest absolute Gasteiger partial charge is 0.469 e. The lowest BCUT2D eigenvalue weighted by Gasteiger charge is -2.09. The first-order valence-corrected chi connectivity index (χ1v) is 5.48. The minimum Gasteiger partial charge on any atom is -0.469 e. The molecule has 0 aliphatic rings. The molecule has 1 aromatic rings. The molecule has 0 aromatic carbocycles. The smallest absolute Gasteiger partial charge is 0.310 e. The normalized spacial score (nSPS) is 10.2. The van der Waals surface area contributed by atoms with Gasteiger partial charge in [-0.3, -0.25) is 4.79 Å². The van der Waals surface area contributed by atoms with Gasteiger partial charge in [-0.15, -0.1) is 0 Å². The van der Waals surface area contributed by atoms with Crippen LogP contribution in [0.1, 0.15) is 36.1 Å². The molecule has 0 bridgehead atoms. The standard InChI is InChI=1S/C12H18N2O2/c1-5-6-11-13-8(2)10(9(3)14-11)7-12(15)16-4/h5-7H2,1-4H3. The molecule has 0 aliphatic carbocycles. The summed E-state index contributed by atoms with van der Waals surface area (Å²) in [6.45, 7) is 5.91. The highest BCUT2D eigenvalue weighted by molar-refractivity contribution is 5.73. The minimum atomic E-state index is -0.252. The summed E-state index contributed by atoms with van der Waals surface area (Å²) in [6.07, 6.45) is 2.15. The molecule has 4 nitrogen and oxygen atoms in total. The summed E-state index contributed by atoms with van der Waals surface area (Å²) in [6, 6.07) is 0. The van der Waals surface area contributed by atoms with Gasteiger partial charge in [0.15, 0.2) is 0 Å². The van der Waals surface area contributed by atoms with Crippen molar-refractivity contribution in [2.75, 3.05) is 7.11 Å². The zero-order valence-electron chi connectivity index (χ0n) is 10.3. The third-order valence-corrected chi connectivity index (χ3v) is 2.49. The molecule has 16 heavy (non-hydrogen) atoms. The molecule has 4 heteroatoms. The minimum absolute atomic E-state index is 0.251. The van der Waals surface area contributed by atoms with Gasteiger partial charge in [0.2, 0.25) is 0 Å². The molecule has 1 rings (SSSR count). The summed E-state index contributed by atoms with van der Waals surface area (Å²) >= 11 is 0. The SMILES string of the molecule is CCCc1nc(C)c(CC(=O)OC)c(C)n1. The van der Waals surface area contributed by atoms with E-state index in [-0.39, 0.29) is 12.4 Å². The van der Waals surface area contributed by atoms with E-state index < -0.39 is 0 Å². The molecule has 0 aliphatic heterocycles. The van der Waals surface area contributed by atoms with Gasteiger partial charge in [0.05, 0.1) is 13.5 Å². The molecule has 0 amide bonds. The Bertz CT molecular complexity index is 366. The summed E-state index contributed by atoms with van der Waals surface area (Å²) in [5, 5.41) is 0. The van der Waals surface area contributed by atoms with E-state index in [1.54, 1.807) is 0 Å². The Labute approximate surface area is 96.1 Å². The molecule has 1 aromatic heterocycles. The van der Waals surface area contributed by atoms with Crippen LogP contribution in [0.2, 0.25) is 0 Å². The van der Waals surface area contributed by atoms with E-state index in [0.29, 0.717) is 0 Å². The van der Waals surface area contributed by atoms with Crippen LogP contribution >= 0.6 is 0 Å². The van der Waals surface area contributed by atoms with Crippen molar-refractivity contribution in [2.24, 2.45) is 0 Å². The summed E-state index contributed by atoms with van der Waals surface area (Å²) in [5.74, 6) is 0.601. The van der Waals surface area contributed by atoms with E-state index in [4.69, 9.17) is 0 Å². The third-order valence-electron chi connectivity index (χ3n) is 2.49. The summed E-state index contributed by atoms with van der Waals surface area (Å²) in [4.78, 5) is 20.0. The van der Waals surface area contributed by atoms with Crippen molar-refractivity contribution >= 4 is 5.97 Å². The monoisotopic (exact) mass is 222 g/mol. The second kappa shape index (κ2) is 5.58. The maximum absolute atomic E-state index is 11.2. The van der Waals surface area contributed by atoms with Gasteiger partial charge < -0.3 is 4.74 Å². The van der Waals surface area contributed by atoms with Gasteiger partial charge in [-0.05, 0) is 20.3 Å². The topological polar surface area (TPSA) is 52.1 Å². The molecule has 88 valence electrons. The van der Waals surface area contributed by atoms with E-state index >= 15 is 0 Å². The lowest BCUT2D eigenvalue weighted by Crippen LogP contribution is -2.11. The predicted octanol–water partition coefficient (Wildman–Crippen LogP) is 1.76. The number of carbonyl (C=O) groups excluding carboxylic acids is 1. The fraction of sp³-hybridized carbons (Fsp3) is 0.583. The molecule has 0 radical (unpaired) electrons. The Kier molecular flexibility index (Phi) is 4.40. The number of rotatable bonds is 4. The van der Waals surface area contributed by atoms with Crippen LogP contribution in [0.3, 0.4) is 0 Å². The van der Waals surface area contributed by atoms with Gasteiger partial charge in [-0.1, -0.05) is 6.92 Å². The second-order valence-electron chi connectivity index (χ2n) is 3.79. The van der Waals surface area contributed by atoms with Crippen LogP contribution in [0.4, 0.5) is 0 Å². The zero-order chi connectivity index (χ0) is 12.1. The summed E-state index contributed by atoms with van der Waals surface area (Å²) in [5.41, 5.74) is 2.63. The van der Waals surface area contributed by atoms with Crippen molar-refractivity contribution < 1.29 is 9.53 Å². The van der Waals surface area contributed by atoms with Crippen molar-refractivity contribution in [1.82, 2.24) is 9.97 Å². The van der Waals surface area contributed by atoms with Gasteiger partial charge >= 0.3 is 5.97 Å². The number of methoxy groups -OCH3 is 1. The van der Waals surface area contributed by atoms with Gasteiger partial charge in [0, 0.05) is 23.4 Å². The molecule has 0 N–H and O–H groups in total. The molecule has 0 unspecified atom stereocenters. The zero-order valence-corrected chi connectivity index (χ0v) is 10.3. The van der Waals surface area contributed by atoms with Gasteiger partial charge in [0.1, 0.15) is 5.82 Å². The number of hydrogen-bond acceptors (Lipinski definition) is 4. The van der Waals surface area contributed by atoms with Gasteiger partial charge in [0.25, 0.3) is 0 Å². The van der Waals surface area contributed by atoms with Gasteiger partial charge in [-0.2, -0.15) is 0 Å². The molecule has 0 saturated carbocycles. The lowest BCUT2D eigenvalue weighted by molar-refractivity contribution is -0.139. The molecular formula is C12H18N2O2. The first kappa shape index (κ1) is 12.6. The van der Waals surface area contributed by atoms with Crippen LogP contribution < -0.4 is 0 Å². The fourth-order valence-electron chi connectivity index (χ4n) is 1.62. The van der Waals surface area contributed by atoms with Crippen molar-refractivity contribution in [3.8, 4) is 0 Å². The van der Waals surface area contributed by atoms with E-state index in [1.807, 2.05) is 13.8 Å². The van der Waals surface area contributed by atoms with Crippen molar-refractivity contribution in [3.05, 3.63) is 22.8 Å². The van der Waals surface area contributed by atoms with E-state index in [1.165, 1.54) is 7.11 Å². The number of aryl methyl sites for hydroxylation is 3. The number of ether oxygens (including phenoxy) is 1. The van der Waals surface area contributed by atoms with Crippen LogP contribution in [-0.4, -0.2) is 23.0 Å². The van der Waals surface area contributed by atoms with Crippen molar-refractivity contribution in [3.63, 3.8) is 0 Å². The van der Waals surface area contributed by atoms with Crippen LogP contribution in [0.5, 0.6) is 0 Å². The summed E-state index contributed by atoms with van der Waals surface area (Å²) in [7, 11) is 1.39. The van der Waals surface area contributed by atoms with E-state index in [0.717, 1.165) is 35.6 Å². The molecule has 0 atom stereocenters. The van der Waals surface area contributed by atoms with Crippen LogP contribution in [0.15, 0.2) is 0 Å². The van der Waals surface area contributed by atoms with Crippen molar-refractivity contribution in [2.45, 2.75) is 40.0 Å². The Morgan fingerprint density at radius 2 is 1.81 bits per heavy atom. The maximum atomic E-state index is 11.2. The quantitative estimate of drug-likeness (QED) is 0.728. The Morgan fingerprint density at radius 1 is 1.25 bits per heavy atom. The Balaban J connectivity index is 2.98. The van der Waals surface area contributed by atoms with E-state index in [2.05, 4.69) is 21.6 Å². The van der Waals surface area contributed by atoms with Crippen LogP contribution in [0, 0.1) is 13.8 Å². The summed E-state index contributed by atoms with van der Waals surface area (Å²) < 4.78 is 4.65. The first-order chi connectivity index (χ1) is 7.58. The number of esters is 1. The first-order valence-electron chi connectivity index (χ1n) is 5.48. The fourth-order valence-corrected chi connectivity index (χ4v) is 1.62. The van der Waals surface area contributed by atoms with Crippen LogP contribution in [-0.2, 0) is 22.4 Å². The molecule has 1 heterocycles. The Hall–Kier alpha value is -1.45. The molecular weight excluding hydrogens is 204 g/mol. The Morgan fingerprint density at radius 3 is 2.25 bits per heavy atom. The number of hydrogen-bond donors (Lipinski definition) is 0. The number of nitrogens with zero attached hydrogens (tertiary/aromatic N) is 2. The molecule has 0 spiro atoms. The highest BCUT2D eigenvalue weighted by Crippen LogP contribution is 2.12. The predicted molar refractivity (Wildman–Crippen MR) is 61.2 cm³/mol.